The SMILES string of the molecule is COCCN(CCO)CCC(C)(C)CN. The molecule has 0 rings (SSSR count). The molecule has 0 aromatic rings. The van der Waals surface area contributed by atoms with Gasteiger partial charge in [0.15, 0.2) is 0 Å². The van der Waals surface area contributed by atoms with E-state index in [0.29, 0.717) is 19.7 Å². The standard InChI is InChI=1S/C11H26N2O2/c1-11(2,10-12)4-5-13(6-8-14)7-9-15-3/h14H,4-10,12H2,1-3H3. The molecule has 0 atom stereocenters. The van der Waals surface area contributed by atoms with Crippen molar-refractivity contribution in [2.75, 3.05) is 46.5 Å². The van der Waals surface area contributed by atoms with Gasteiger partial charge in [-0.05, 0) is 24.9 Å². The maximum atomic E-state index is 8.92. The lowest BCUT2D eigenvalue weighted by atomic mass is 9.89. The highest BCUT2D eigenvalue weighted by molar-refractivity contribution is 4.71. The molecule has 92 valence electrons. The van der Waals surface area contributed by atoms with Gasteiger partial charge in [0.2, 0.25) is 0 Å². The van der Waals surface area contributed by atoms with Crippen LogP contribution in [0.15, 0.2) is 0 Å². The summed E-state index contributed by atoms with van der Waals surface area (Å²) < 4.78 is 5.03. The summed E-state index contributed by atoms with van der Waals surface area (Å²) in [6.45, 7) is 8.50. The molecular formula is C11H26N2O2. The molecule has 0 bridgehead atoms. The quantitative estimate of drug-likeness (QED) is 0.584. The third kappa shape index (κ3) is 7.73. The van der Waals surface area contributed by atoms with Crippen molar-refractivity contribution in [1.82, 2.24) is 4.90 Å². The van der Waals surface area contributed by atoms with E-state index in [9.17, 15) is 0 Å². The van der Waals surface area contributed by atoms with Crippen LogP contribution in [0.4, 0.5) is 0 Å². The van der Waals surface area contributed by atoms with Gasteiger partial charge in [-0.2, -0.15) is 0 Å². The number of aliphatic hydroxyl groups excluding tert-OH is 1. The van der Waals surface area contributed by atoms with Crippen LogP contribution in [-0.4, -0.2) is 56.5 Å². The summed E-state index contributed by atoms with van der Waals surface area (Å²) in [4.78, 5) is 2.21. The van der Waals surface area contributed by atoms with E-state index in [0.717, 1.165) is 19.5 Å². The molecular weight excluding hydrogens is 192 g/mol. The summed E-state index contributed by atoms with van der Waals surface area (Å²) in [5.74, 6) is 0. The van der Waals surface area contributed by atoms with Gasteiger partial charge in [-0.1, -0.05) is 13.8 Å². The number of rotatable bonds is 9. The smallest absolute Gasteiger partial charge is 0.0589 e. The van der Waals surface area contributed by atoms with Gasteiger partial charge in [-0.3, -0.25) is 4.90 Å². The van der Waals surface area contributed by atoms with Crippen molar-refractivity contribution in [3.8, 4) is 0 Å². The zero-order chi connectivity index (χ0) is 11.7. The Hall–Kier alpha value is -0.160. The molecule has 0 aliphatic rings. The molecule has 4 nitrogen and oxygen atoms in total. The van der Waals surface area contributed by atoms with Crippen LogP contribution in [0.2, 0.25) is 0 Å². The summed E-state index contributed by atoms with van der Waals surface area (Å²) in [6, 6.07) is 0. The largest absolute Gasteiger partial charge is 0.395 e. The van der Waals surface area contributed by atoms with Crippen molar-refractivity contribution in [1.29, 1.82) is 0 Å². The second-order valence-corrected chi connectivity index (χ2v) is 4.68. The second kappa shape index (κ2) is 8.05. The first-order valence-corrected chi connectivity index (χ1v) is 5.58. The van der Waals surface area contributed by atoms with Crippen LogP contribution in [-0.2, 0) is 4.74 Å². The first-order chi connectivity index (χ1) is 7.05. The lowest BCUT2D eigenvalue weighted by molar-refractivity contribution is 0.121. The third-order valence-corrected chi connectivity index (χ3v) is 2.69. The van der Waals surface area contributed by atoms with Gasteiger partial charge in [-0.15, -0.1) is 0 Å². The fourth-order valence-electron chi connectivity index (χ4n) is 1.26. The van der Waals surface area contributed by atoms with E-state index in [1.807, 2.05) is 0 Å². The van der Waals surface area contributed by atoms with Crippen LogP contribution in [0.25, 0.3) is 0 Å². The van der Waals surface area contributed by atoms with Gasteiger partial charge >= 0.3 is 0 Å². The molecule has 0 aromatic carbocycles. The number of ether oxygens (including phenoxy) is 1. The van der Waals surface area contributed by atoms with Crippen molar-refractivity contribution < 1.29 is 9.84 Å². The third-order valence-electron chi connectivity index (χ3n) is 2.69. The number of nitrogens with two attached hydrogens (primary N) is 1. The van der Waals surface area contributed by atoms with E-state index in [1.165, 1.54) is 0 Å². The minimum atomic E-state index is 0.181. The van der Waals surface area contributed by atoms with E-state index in [2.05, 4.69) is 18.7 Å². The zero-order valence-corrected chi connectivity index (χ0v) is 10.3. The highest BCUT2D eigenvalue weighted by atomic mass is 16.5. The van der Waals surface area contributed by atoms with Crippen molar-refractivity contribution in [3.63, 3.8) is 0 Å². The van der Waals surface area contributed by atoms with E-state index < -0.39 is 0 Å². The predicted molar refractivity (Wildman–Crippen MR) is 62.9 cm³/mol. The molecule has 0 radical (unpaired) electrons. The van der Waals surface area contributed by atoms with Gasteiger partial charge in [0.05, 0.1) is 13.2 Å². The second-order valence-electron chi connectivity index (χ2n) is 4.68. The molecule has 0 aliphatic carbocycles. The number of hydrogen-bond acceptors (Lipinski definition) is 4. The fraction of sp³-hybridized carbons (Fsp3) is 1.00. The summed E-state index contributed by atoms with van der Waals surface area (Å²) in [6.07, 6.45) is 1.05. The van der Waals surface area contributed by atoms with Crippen LogP contribution < -0.4 is 5.73 Å². The average Bonchev–Trinajstić information content (AvgIpc) is 2.22. The molecule has 3 N–H and O–H groups in total. The normalized spacial score (nSPS) is 12.4. The zero-order valence-electron chi connectivity index (χ0n) is 10.3. The maximum absolute atomic E-state index is 8.92. The Bertz CT molecular complexity index is 152. The molecule has 4 heteroatoms. The Morgan fingerprint density at radius 1 is 1.27 bits per heavy atom. The molecule has 0 spiro atoms. The molecule has 0 unspecified atom stereocenters. The predicted octanol–water partition coefficient (Wildman–Crippen LogP) is 0.302. The van der Waals surface area contributed by atoms with Gasteiger partial charge < -0.3 is 15.6 Å². The van der Waals surface area contributed by atoms with E-state index >= 15 is 0 Å². The molecule has 0 fully saturated rings. The van der Waals surface area contributed by atoms with Crippen molar-refractivity contribution in [2.45, 2.75) is 20.3 Å². The van der Waals surface area contributed by atoms with Crippen LogP contribution in [0.3, 0.4) is 0 Å². The van der Waals surface area contributed by atoms with Crippen molar-refractivity contribution in [3.05, 3.63) is 0 Å². The molecule has 0 aromatic heterocycles. The van der Waals surface area contributed by atoms with Crippen LogP contribution >= 0.6 is 0 Å². The number of nitrogens with zero attached hydrogens (tertiary/aromatic N) is 1. The minimum absolute atomic E-state index is 0.181. The molecule has 0 saturated carbocycles. The van der Waals surface area contributed by atoms with Gasteiger partial charge in [0.25, 0.3) is 0 Å². The number of methoxy groups -OCH3 is 1. The molecule has 0 amide bonds. The topological polar surface area (TPSA) is 58.7 Å². The van der Waals surface area contributed by atoms with Crippen LogP contribution in [0.5, 0.6) is 0 Å². The fourth-order valence-corrected chi connectivity index (χ4v) is 1.26. The van der Waals surface area contributed by atoms with E-state index in [-0.39, 0.29) is 12.0 Å². The highest BCUT2D eigenvalue weighted by Gasteiger charge is 2.16. The Morgan fingerprint density at radius 3 is 2.40 bits per heavy atom. The molecule has 15 heavy (non-hydrogen) atoms. The Morgan fingerprint density at radius 2 is 1.93 bits per heavy atom. The van der Waals surface area contributed by atoms with Crippen LogP contribution in [0, 0.1) is 5.41 Å². The Balaban J connectivity index is 3.83. The number of aliphatic hydroxyl groups is 1. The summed E-state index contributed by atoms with van der Waals surface area (Å²) >= 11 is 0. The minimum Gasteiger partial charge on any atom is -0.395 e. The van der Waals surface area contributed by atoms with Gasteiger partial charge in [0.1, 0.15) is 0 Å². The maximum Gasteiger partial charge on any atom is 0.0589 e. The average molecular weight is 218 g/mol. The monoisotopic (exact) mass is 218 g/mol. The van der Waals surface area contributed by atoms with Crippen LogP contribution in [0.1, 0.15) is 20.3 Å². The summed E-state index contributed by atoms with van der Waals surface area (Å²) in [5, 5.41) is 8.92. The van der Waals surface area contributed by atoms with Gasteiger partial charge in [-0.25, -0.2) is 0 Å². The Kier molecular flexibility index (Phi) is 7.96. The summed E-state index contributed by atoms with van der Waals surface area (Å²) in [7, 11) is 1.70. The van der Waals surface area contributed by atoms with Crippen molar-refractivity contribution >= 4 is 0 Å². The molecule has 0 aliphatic heterocycles. The molecule has 0 saturated heterocycles. The van der Waals surface area contributed by atoms with Gasteiger partial charge in [0, 0.05) is 20.2 Å². The van der Waals surface area contributed by atoms with E-state index in [1.54, 1.807) is 7.11 Å². The number of hydrogen-bond donors (Lipinski definition) is 2. The molecule has 0 heterocycles. The highest BCUT2D eigenvalue weighted by Crippen LogP contribution is 2.18. The Labute approximate surface area is 93.4 Å². The van der Waals surface area contributed by atoms with E-state index in [4.69, 9.17) is 15.6 Å². The summed E-state index contributed by atoms with van der Waals surface area (Å²) in [5.41, 5.74) is 5.86. The first kappa shape index (κ1) is 14.8. The lowest BCUT2D eigenvalue weighted by Crippen LogP contribution is -2.35. The van der Waals surface area contributed by atoms with Crippen molar-refractivity contribution in [2.24, 2.45) is 11.1 Å². The lowest BCUT2D eigenvalue weighted by Gasteiger charge is -2.27. The first-order valence-electron chi connectivity index (χ1n) is 5.58.